The number of carboxylic acids is 1. The minimum atomic E-state index is -1.68. The molecule has 1 saturated heterocycles. The number of hydrogen-bond donors (Lipinski definition) is 5. The molecule has 8 nitrogen and oxygen atoms in total. The average Bonchev–Trinajstić information content (AvgIpc) is 2.54. The van der Waals surface area contributed by atoms with E-state index in [-0.39, 0.29) is 0 Å². The lowest BCUT2D eigenvalue weighted by atomic mass is 9.99. The topological polar surface area (TPSA) is 137 Å². The second kappa shape index (κ2) is 7.73. The summed E-state index contributed by atoms with van der Waals surface area (Å²) in [6, 6.07) is 7.00. The van der Waals surface area contributed by atoms with E-state index in [1.54, 1.807) is 18.2 Å². The van der Waals surface area contributed by atoms with Crippen LogP contribution in [0.1, 0.15) is 11.1 Å². The van der Waals surface area contributed by atoms with Gasteiger partial charge in [0.05, 0.1) is 6.61 Å². The molecule has 0 aliphatic carbocycles. The van der Waals surface area contributed by atoms with Crippen molar-refractivity contribution in [1.82, 2.24) is 0 Å². The molecule has 1 heterocycles. The summed E-state index contributed by atoms with van der Waals surface area (Å²) in [4.78, 5) is 11.4. The van der Waals surface area contributed by atoms with E-state index in [2.05, 4.69) is 0 Å². The number of aliphatic hydroxyl groups excluding tert-OH is 4. The average molecular weight is 340 g/mol. The van der Waals surface area contributed by atoms with E-state index in [0.29, 0.717) is 5.56 Å². The molecule has 0 spiro atoms. The Morgan fingerprint density at radius 2 is 1.96 bits per heavy atom. The van der Waals surface area contributed by atoms with E-state index in [0.717, 1.165) is 5.56 Å². The van der Waals surface area contributed by atoms with Crippen molar-refractivity contribution in [2.24, 2.45) is 0 Å². The first-order valence-electron chi connectivity index (χ1n) is 7.32. The van der Waals surface area contributed by atoms with Crippen molar-refractivity contribution < 1.29 is 39.8 Å². The molecular weight excluding hydrogens is 320 g/mol. The Morgan fingerprint density at radius 1 is 1.25 bits per heavy atom. The third kappa shape index (κ3) is 4.11. The fourth-order valence-corrected chi connectivity index (χ4v) is 2.35. The molecule has 8 heteroatoms. The van der Waals surface area contributed by atoms with Crippen molar-refractivity contribution in [3.63, 3.8) is 0 Å². The number of carboxylic acid groups (broad SMARTS) is 1. The number of ether oxygens (including phenoxy) is 2. The zero-order valence-electron chi connectivity index (χ0n) is 12.9. The van der Waals surface area contributed by atoms with Crippen molar-refractivity contribution in [2.45, 2.75) is 37.6 Å². The minimum absolute atomic E-state index is 0.509. The van der Waals surface area contributed by atoms with Gasteiger partial charge in [0, 0.05) is 0 Å². The molecule has 0 amide bonds. The standard InChI is InChI=1S/C16H20O8/c1-8-3-2-4-9(5-8)6-10(15(21)22)23-16-14(20)13(19)12(18)11(7-17)24-16/h2-6,11-14,16-20H,7H2,1H3,(H,21,22)/b10-6+/t11-,12+,13-,14-,16+/m1/s1. The van der Waals surface area contributed by atoms with Gasteiger partial charge >= 0.3 is 5.97 Å². The summed E-state index contributed by atoms with van der Waals surface area (Å²) in [6.07, 6.45) is -6.34. The van der Waals surface area contributed by atoms with Crippen LogP contribution >= 0.6 is 0 Å². The first-order valence-corrected chi connectivity index (χ1v) is 7.32. The predicted octanol–water partition coefficient (Wildman–Crippen LogP) is -0.763. The molecule has 0 aromatic heterocycles. The predicted molar refractivity (Wildman–Crippen MR) is 81.6 cm³/mol. The lowest BCUT2D eigenvalue weighted by Gasteiger charge is -2.39. The minimum Gasteiger partial charge on any atom is -0.475 e. The lowest BCUT2D eigenvalue weighted by molar-refractivity contribution is -0.291. The van der Waals surface area contributed by atoms with Crippen LogP contribution in [0, 0.1) is 6.92 Å². The molecule has 1 fully saturated rings. The second-order valence-electron chi connectivity index (χ2n) is 5.54. The molecule has 24 heavy (non-hydrogen) atoms. The van der Waals surface area contributed by atoms with Gasteiger partial charge in [-0.1, -0.05) is 29.8 Å². The first-order chi connectivity index (χ1) is 11.3. The summed E-state index contributed by atoms with van der Waals surface area (Å²) in [5.41, 5.74) is 1.48. The Bertz CT molecular complexity index is 612. The molecule has 0 bridgehead atoms. The summed E-state index contributed by atoms with van der Waals surface area (Å²) < 4.78 is 10.3. The fourth-order valence-electron chi connectivity index (χ4n) is 2.35. The molecule has 132 valence electrons. The maximum absolute atomic E-state index is 11.4. The molecule has 1 aromatic rings. The van der Waals surface area contributed by atoms with E-state index in [1.165, 1.54) is 6.08 Å². The largest absolute Gasteiger partial charge is 0.475 e. The van der Waals surface area contributed by atoms with Gasteiger partial charge in [-0.05, 0) is 18.6 Å². The van der Waals surface area contributed by atoms with Crippen LogP contribution in [0.15, 0.2) is 30.0 Å². The quantitative estimate of drug-likeness (QED) is 0.348. The molecule has 1 aliphatic rings. The number of benzene rings is 1. The Hall–Kier alpha value is -1.97. The monoisotopic (exact) mass is 340 g/mol. The van der Waals surface area contributed by atoms with E-state index < -0.39 is 49.0 Å². The van der Waals surface area contributed by atoms with Crippen molar-refractivity contribution in [1.29, 1.82) is 0 Å². The highest BCUT2D eigenvalue weighted by molar-refractivity contribution is 5.89. The maximum Gasteiger partial charge on any atom is 0.371 e. The molecule has 0 unspecified atom stereocenters. The van der Waals surface area contributed by atoms with Gasteiger partial charge in [0.2, 0.25) is 12.0 Å². The molecule has 5 atom stereocenters. The summed E-state index contributed by atoms with van der Waals surface area (Å²) in [5.74, 6) is -1.90. The highest BCUT2D eigenvalue weighted by atomic mass is 16.7. The summed E-state index contributed by atoms with van der Waals surface area (Å²) in [7, 11) is 0. The van der Waals surface area contributed by atoms with E-state index >= 15 is 0 Å². The van der Waals surface area contributed by atoms with Gasteiger partial charge in [-0.15, -0.1) is 0 Å². The second-order valence-corrected chi connectivity index (χ2v) is 5.54. The normalized spacial score (nSPS) is 30.9. The van der Waals surface area contributed by atoms with Gasteiger partial charge in [0.1, 0.15) is 24.4 Å². The van der Waals surface area contributed by atoms with Crippen LogP contribution in [-0.2, 0) is 14.3 Å². The molecule has 2 rings (SSSR count). The van der Waals surface area contributed by atoms with Crippen molar-refractivity contribution >= 4 is 12.0 Å². The number of carbonyl (C=O) groups is 1. The highest BCUT2D eigenvalue weighted by Gasteiger charge is 2.45. The third-order valence-electron chi connectivity index (χ3n) is 3.64. The van der Waals surface area contributed by atoms with Crippen LogP contribution in [-0.4, -0.2) is 68.8 Å². The molecule has 5 N–H and O–H groups in total. The number of aliphatic hydroxyl groups is 4. The Balaban J connectivity index is 2.22. The van der Waals surface area contributed by atoms with Gasteiger partial charge in [0.25, 0.3) is 0 Å². The highest BCUT2D eigenvalue weighted by Crippen LogP contribution is 2.24. The Morgan fingerprint density at radius 3 is 2.54 bits per heavy atom. The number of rotatable bonds is 5. The van der Waals surface area contributed by atoms with Gasteiger partial charge in [-0.2, -0.15) is 0 Å². The van der Waals surface area contributed by atoms with Crippen LogP contribution in [0.25, 0.3) is 6.08 Å². The summed E-state index contributed by atoms with van der Waals surface area (Å²) in [5, 5.41) is 47.7. The van der Waals surface area contributed by atoms with Crippen molar-refractivity contribution in [3.05, 3.63) is 41.2 Å². The lowest BCUT2D eigenvalue weighted by Crippen LogP contribution is -2.59. The van der Waals surface area contributed by atoms with Crippen LogP contribution in [0.4, 0.5) is 0 Å². The molecule has 1 aliphatic heterocycles. The van der Waals surface area contributed by atoms with Gasteiger partial charge in [-0.3, -0.25) is 0 Å². The Labute approximate surface area is 138 Å². The van der Waals surface area contributed by atoms with Crippen LogP contribution in [0.5, 0.6) is 0 Å². The SMILES string of the molecule is Cc1cccc(/C=C(/O[C@H]2O[C@H](CO)[C@H](O)[C@@H](O)[C@H]2O)C(=O)O)c1. The van der Waals surface area contributed by atoms with Crippen LogP contribution in [0.3, 0.4) is 0 Å². The summed E-state index contributed by atoms with van der Waals surface area (Å²) in [6.45, 7) is 1.21. The summed E-state index contributed by atoms with van der Waals surface area (Å²) >= 11 is 0. The van der Waals surface area contributed by atoms with E-state index in [1.807, 2.05) is 13.0 Å². The fraction of sp³-hybridized carbons (Fsp3) is 0.438. The zero-order valence-corrected chi connectivity index (χ0v) is 12.9. The van der Waals surface area contributed by atoms with Crippen molar-refractivity contribution in [2.75, 3.05) is 6.61 Å². The first kappa shape index (κ1) is 18.4. The van der Waals surface area contributed by atoms with Gasteiger partial charge in [-0.25, -0.2) is 4.79 Å². The molecule has 1 aromatic carbocycles. The van der Waals surface area contributed by atoms with Gasteiger partial charge < -0.3 is 35.0 Å². The van der Waals surface area contributed by atoms with Crippen LogP contribution < -0.4 is 0 Å². The zero-order chi connectivity index (χ0) is 17.9. The maximum atomic E-state index is 11.4. The van der Waals surface area contributed by atoms with Crippen LogP contribution in [0.2, 0.25) is 0 Å². The smallest absolute Gasteiger partial charge is 0.371 e. The third-order valence-corrected chi connectivity index (χ3v) is 3.64. The van der Waals surface area contributed by atoms with E-state index in [9.17, 15) is 25.2 Å². The number of hydrogen-bond acceptors (Lipinski definition) is 7. The number of aryl methyl sites for hydroxylation is 1. The molecule has 0 radical (unpaired) electrons. The van der Waals surface area contributed by atoms with Gasteiger partial charge in [0.15, 0.2) is 0 Å². The van der Waals surface area contributed by atoms with E-state index in [4.69, 9.17) is 14.6 Å². The Kier molecular flexibility index (Phi) is 5.92. The molecule has 0 saturated carbocycles. The molecular formula is C16H20O8. The number of aliphatic carboxylic acids is 1. The van der Waals surface area contributed by atoms with Crippen molar-refractivity contribution in [3.8, 4) is 0 Å².